The van der Waals surface area contributed by atoms with Gasteiger partial charge in [-0.3, -0.25) is 18.4 Å². The van der Waals surface area contributed by atoms with Gasteiger partial charge in [0.2, 0.25) is 11.6 Å². The van der Waals surface area contributed by atoms with Crippen LogP contribution >= 0.6 is 45.1 Å². The van der Waals surface area contributed by atoms with Crippen LogP contribution in [0.4, 0.5) is 11.4 Å². The molecule has 1 amide bonds. The second-order valence-corrected chi connectivity index (χ2v) is 29.1. The zero-order valence-electron chi connectivity index (χ0n) is 41.1. The van der Waals surface area contributed by atoms with Crippen LogP contribution in [0.1, 0.15) is 91.7 Å². The summed E-state index contributed by atoms with van der Waals surface area (Å²) in [5.41, 5.74) is 3.72. The maximum Gasteiger partial charge on any atom is 0.490 e. The summed E-state index contributed by atoms with van der Waals surface area (Å²) < 4.78 is 128. The third-order valence-corrected chi connectivity index (χ3v) is 20.5. The van der Waals surface area contributed by atoms with Gasteiger partial charge in [-0.05, 0) is 95.9 Å². The molecule has 22 nitrogen and oxygen atoms in total. The molecule has 404 valence electrons. The molecule has 2 unspecified atom stereocenters. The lowest BCUT2D eigenvalue weighted by Crippen LogP contribution is -2.35. The van der Waals surface area contributed by atoms with Crippen molar-refractivity contribution in [2.24, 2.45) is 0 Å². The molecule has 73 heavy (non-hydrogen) atoms. The van der Waals surface area contributed by atoms with Crippen LogP contribution in [0.25, 0.3) is 0 Å². The van der Waals surface area contributed by atoms with E-state index in [9.17, 15) is 54.2 Å². The van der Waals surface area contributed by atoms with Crippen LogP contribution in [0.3, 0.4) is 0 Å². The number of ether oxygens (including phenoxy) is 2. The number of anilines is 1. The Morgan fingerprint density at radius 3 is 2.19 bits per heavy atom. The van der Waals surface area contributed by atoms with Gasteiger partial charge in [0.25, 0.3) is 20.2 Å². The fourth-order valence-electron chi connectivity index (χ4n) is 8.57. The minimum Gasteiger partial charge on any atom is -0.380 e. The van der Waals surface area contributed by atoms with E-state index in [0.29, 0.717) is 38.9 Å². The first-order chi connectivity index (χ1) is 33.6. The van der Waals surface area contributed by atoms with Gasteiger partial charge in [0.05, 0.1) is 27.9 Å². The lowest BCUT2D eigenvalue weighted by molar-refractivity contribution is -0.438. The molecule has 5 atom stereocenters. The minimum absolute atomic E-state index is 0.0944. The Labute approximate surface area is 435 Å². The summed E-state index contributed by atoms with van der Waals surface area (Å²) in [7, 11) is -16.9. The molecule has 5 rings (SSSR count). The van der Waals surface area contributed by atoms with Gasteiger partial charge < -0.3 is 39.3 Å². The van der Waals surface area contributed by atoms with Crippen LogP contribution in [-0.4, -0.2) is 125 Å². The van der Waals surface area contributed by atoms with Crippen molar-refractivity contribution < 1.29 is 91.2 Å². The Bertz CT molecular complexity index is 2890. The Balaban J connectivity index is 1.13. The fraction of sp³-hybridized carbons (Fsp3) is 0.535. The first-order valence-electron chi connectivity index (χ1n) is 22.7. The lowest BCUT2D eigenvalue weighted by Gasteiger charge is -2.25. The van der Waals surface area contributed by atoms with E-state index in [1.165, 1.54) is 45.9 Å². The van der Waals surface area contributed by atoms with Gasteiger partial charge in [0.15, 0.2) is 5.71 Å². The quantitative estimate of drug-likeness (QED) is 0.00717. The highest BCUT2D eigenvalue weighted by Gasteiger charge is 2.46. The van der Waals surface area contributed by atoms with Crippen molar-refractivity contribution in [3.05, 3.63) is 83.6 Å². The summed E-state index contributed by atoms with van der Waals surface area (Å²) in [6, 6.07) is 8.31. The molecule has 0 aliphatic carbocycles. The van der Waals surface area contributed by atoms with E-state index < -0.39 is 84.1 Å². The average molecular weight is 1160 g/mol. The van der Waals surface area contributed by atoms with Crippen LogP contribution in [0.15, 0.2) is 82.3 Å². The Morgan fingerprint density at radius 2 is 1.56 bits per heavy atom. The second-order valence-electron chi connectivity index (χ2n) is 18.8. The molecule has 0 spiro atoms. The number of fused-ring (bicyclic) bond motifs is 2. The molecule has 3 aliphatic rings. The number of nitrogens with zero attached hydrogens (tertiary/aromatic N) is 2. The maximum absolute atomic E-state index is 13.0. The minimum atomic E-state index is -5.69. The first-order valence-corrected chi connectivity index (χ1v) is 32.4. The molecule has 0 bridgehead atoms. The normalized spacial score (nSPS) is 22.3. The smallest absolute Gasteiger partial charge is 0.380 e. The number of rotatable bonds is 26. The molecule has 2 radical (unpaired) electrons. The van der Waals surface area contributed by atoms with E-state index >= 15 is 0 Å². The van der Waals surface area contributed by atoms with Crippen molar-refractivity contribution in [3.63, 3.8) is 0 Å². The van der Waals surface area contributed by atoms with Gasteiger partial charge in [-0.2, -0.15) is 30.0 Å². The number of likely N-dealkylation sites (N-methyl/N-ethyl adjacent to an activating group) is 1. The number of carbonyl (C=O) groups excluding carboxylic acids is 1. The summed E-state index contributed by atoms with van der Waals surface area (Å²) in [6.07, 6.45) is 10.2. The number of phosphoric ester groups is 1. The van der Waals surface area contributed by atoms with Crippen molar-refractivity contribution in [2.75, 3.05) is 37.1 Å². The third kappa shape index (κ3) is 16.8. The monoisotopic (exact) mass is 1160 g/mol. The molecule has 1 fully saturated rings. The van der Waals surface area contributed by atoms with Crippen LogP contribution < -0.4 is 10.2 Å². The summed E-state index contributed by atoms with van der Waals surface area (Å²) in [6.45, 7) is 14.6. The molecule has 30 heteroatoms. The summed E-state index contributed by atoms with van der Waals surface area (Å²) in [4.78, 5) is 51.2. The largest absolute Gasteiger partial charge is 0.490 e. The molecule has 3 heterocycles. The molecule has 2 aromatic rings. The Kier molecular flexibility index (Phi) is 20.2. The summed E-state index contributed by atoms with van der Waals surface area (Å²) >= 11 is 0. The zero-order chi connectivity index (χ0) is 54.6. The van der Waals surface area contributed by atoms with Gasteiger partial charge in [0, 0.05) is 71.2 Å². The van der Waals surface area contributed by atoms with Gasteiger partial charge >= 0.3 is 23.5 Å². The van der Waals surface area contributed by atoms with Crippen molar-refractivity contribution in [1.29, 1.82) is 0 Å². The highest BCUT2D eigenvalue weighted by molar-refractivity contribution is 8.77. The molecular formula is C43H62BN3O19P3S4+. The Morgan fingerprint density at radius 1 is 0.918 bits per heavy atom. The van der Waals surface area contributed by atoms with Gasteiger partial charge in [0.1, 0.15) is 26.4 Å². The number of hydrogen-bond acceptors (Lipinski definition) is 16. The van der Waals surface area contributed by atoms with E-state index in [2.05, 4.69) is 27.9 Å². The SMILES string of the molecule is [B][C@H]1C[C@@H](OCSSC(C)(C)CNC(=O)CCCCC[N+]2=C(/C=C/C=C/C=C3/N(CC)c4ccc(S(=O)(=O)O)cc4C3(C)C)C(C)(C)c3cc(S(=O)(=O)O)ccc32)[C@@H](COP(=O)(O)OP(=O)(O)OP(=O)(O)O)O1. The van der Waals surface area contributed by atoms with E-state index in [-0.39, 0.29) is 34.5 Å². The maximum atomic E-state index is 13.0. The van der Waals surface area contributed by atoms with E-state index in [0.717, 1.165) is 33.9 Å². The fourth-order valence-corrected chi connectivity index (χ4v) is 14.8. The molecule has 3 aliphatic heterocycles. The number of amides is 1. The van der Waals surface area contributed by atoms with Crippen LogP contribution in [0, 0.1) is 0 Å². The number of phosphoric acid groups is 3. The lowest BCUT2D eigenvalue weighted by atomic mass is 9.81. The molecular weight excluding hydrogens is 1090 g/mol. The molecule has 0 aromatic heterocycles. The number of carbonyl (C=O) groups is 1. The van der Waals surface area contributed by atoms with E-state index in [1.54, 1.807) is 12.1 Å². The van der Waals surface area contributed by atoms with Crippen molar-refractivity contribution in [2.45, 2.75) is 124 Å². The molecule has 2 aromatic carbocycles. The zero-order valence-corrected chi connectivity index (χ0v) is 47.0. The predicted molar refractivity (Wildman–Crippen MR) is 277 cm³/mol. The number of allylic oxidation sites excluding steroid dienone is 6. The van der Waals surface area contributed by atoms with Crippen molar-refractivity contribution in [1.82, 2.24) is 5.32 Å². The summed E-state index contributed by atoms with van der Waals surface area (Å²) in [5.74, 6) is -0.0417. The van der Waals surface area contributed by atoms with Crippen LogP contribution in [-0.2, 0) is 72.2 Å². The standard InChI is InChI=1S/C43H61BN3O19P3S4/c1-8-46-33-20-18-29(72(56,57)58)23-31(33)42(4,5)37(46)15-11-9-12-16-38-43(6,7)32-24-30(73(59,60)61)19-21-34(32)47(38)22-14-10-13-17-40(48)45-27-41(2,3)71-70-28-62-35-25-39(44)64-36(35)26-63-68(52,53)66-69(54,55)65-67(49,50)51/h9,11-12,15-16,18-21,23-24,35-36,39H,8,10,13-14,17,22,25-28H2,1-7H3,(H6-,45,48,49,50,51,52,53,54,55,56,57,58,59,60,61)/p+1/t35-,36-,39-/m1/s1. The molecule has 1 saturated heterocycles. The second kappa shape index (κ2) is 24.0. The number of benzene rings is 2. The third-order valence-electron chi connectivity index (χ3n) is 12.0. The van der Waals surface area contributed by atoms with Crippen LogP contribution in [0.5, 0.6) is 0 Å². The van der Waals surface area contributed by atoms with Gasteiger partial charge in [-0.25, -0.2) is 13.7 Å². The average Bonchev–Trinajstić information content (AvgIpc) is 3.80. The highest BCUT2D eigenvalue weighted by Crippen LogP contribution is 2.66. The number of hydrogen-bond donors (Lipinski definition) is 7. The van der Waals surface area contributed by atoms with Gasteiger partial charge in [-0.15, -0.1) is 0 Å². The number of unbranched alkanes of at least 4 members (excludes halogenated alkanes) is 2. The highest BCUT2D eigenvalue weighted by atomic mass is 33.1. The first kappa shape index (κ1) is 61.4. The van der Waals surface area contributed by atoms with Crippen molar-refractivity contribution in [3.8, 4) is 0 Å². The van der Waals surface area contributed by atoms with E-state index in [4.69, 9.17) is 27.1 Å². The Hall–Kier alpha value is -2.49. The predicted octanol–water partition coefficient (Wildman–Crippen LogP) is 7.18. The van der Waals surface area contributed by atoms with Crippen molar-refractivity contribution >= 4 is 96.1 Å². The molecule has 0 saturated carbocycles. The number of nitrogens with one attached hydrogen (secondary N) is 1. The topological polar surface area (TPSA) is 322 Å². The molecule has 7 N–H and O–H groups in total. The van der Waals surface area contributed by atoms with Crippen LogP contribution in [0.2, 0.25) is 0 Å². The summed E-state index contributed by atoms with van der Waals surface area (Å²) in [5, 5.41) is 2.97. The van der Waals surface area contributed by atoms with Gasteiger partial charge in [-0.1, -0.05) is 53.7 Å². The van der Waals surface area contributed by atoms with E-state index in [1.807, 2.05) is 78.8 Å².